The minimum absolute atomic E-state index is 0.123. The van der Waals surface area contributed by atoms with E-state index in [1.165, 1.54) is 30.5 Å². The van der Waals surface area contributed by atoms with Crippen LogP contribution in [0.4, 0.5) is 0 Å². The first-order valence-electron chi connectivity index (χ1n) is 7.69. The van der Waals surface area contributed by atoms with Gasteiger partial charge in [-0.3, -0.25) is 4.79 Å². The van der Waals surface area contributed by atoms with Gasteiger partial charge in [0.1, 0.15) is 5.75 Å². The van der Waals surface area contributed by atoms with Gasteiger partial charge in [0, 0.05) is 11.9 Å². The van der Waals surface area contributed by atoms with Crippen LogP contribution in [0.1, 0.15) is 26.4 Å². The van der Waals surface area contributed by atoms with Crippen LogP contribution in [0, 0.1) is 0 Å². The Balaban J connectivity index is 1.74. The fourth-order valence-corrected chi connectivity index (χ4v) is 2.38. The van der Waals surface area contributed by atoms with Crippen LogP contribution in [0.5, 0.6) is 5.75 Å². The minimum atomic E-state index is -0.988. The van der Waals surface area contributed by atoms with Crippen molar-refractivity contribution < 1.29 is 19.8 Å². The molecule has 0 bridgehead atoms. The highest BCUT2D eigenvalue weighted by atomic mass is 16.4. The molecule has 1 amide bonds. The molecule has 3 aromatic rings. The zero-order valence-electron chi connectivity index (χ0n) is 13.5. The number of carboxylic acid groups (broad SMARTS) is 1. The first-order chi connectivity index (χ1) is 12.6. The molecule has 7 nitrogen and oxygen atoms in total. The molecule has 3 rings (SSSR count). The monoisotopic (exact) mass is 349 g/mol. The van der Waals surface area contributed by atoms with Crippen LogP contribution < -0.4 is 5.43 Å². The van der Waals surface area contributed by atoms with Crippen molar-refractivity contribution in [2.24, 2.45) is 5.10 Å². The number of hydrogen-bond acceptors (Lipinski definition) is 4. The molecule has 0 aliphatic rings. The molecule has 0 aliphatic heterocycles. The van der Waals surface area contributed by atoms with E-state index in [2.05, 4.69) is 10.5 Å². The number of hydrogen-bond donors (Lipinski definition) is 3. The Bertz CT molecular complexity index is 974. The van der Waals surface area contributed by atoms with Gasteiger partial charge in [0.15, 0.2) is 0 Å². The van der Waals surface area contributed by atoms with Gasteiger partial charge >= 0.3 is 5.97 Å². The number of nitrogens with zero attached hydrogens (tertiary/aromatic N) is 2. The van der Waals surface area contributed by atoms with Crippen LogP contribution in [0.3, 0.4) is 0 Å². The van der Waals surface area contributed by atoms with E-state index in [0.717, 1.165) is 5.69 Å². The van der Waals surface area contributed by atoms with E-state index >= 15 is 0 Å². The molecule has 0 spiro atoms. The van der Waals surface area contributed by atoms with Crippen molar-refractivity contribution in [2.45, 2.75) is 0 Å². The van der Waals surface area contributed by atoms with Crippen LogP contribution in [-0.4, -0.2) is 32.9 Å². The second-order valence-electron chi connectivity index (χ2n) is 5.37. The van der Waals surface area contributed by atoms with E-state index < -0.39 is 11.9 Å². The SMILES string of the molecule is O=C(O)c1ccc(-n2cccc2/C=N/NC(=O)c2ccccc2O)cc1. The maximum absolute atomic E-state index is 12.0. The van der Waals surface area contributed by atoms with Crippen molar-refractivity contribution >= 4 is 18.1 Å². The number of para-hydroxylation sites is 1. The first-order valence-corrected chi connectivity index (χ1v) is 7.69. The first kappa shape index (κ1) is 17.0. The summed E-state index contributed by atoms with van der Waals surface area (Å²) in [7, 11) is 0. The van der Waals surface area contributed by atoms with Gasteiger partial charge in [-0.15, -0.1) is 0 Å². The lowest BCUT2D eigenvalue weighted by atomic mass is 10.2. The molecule has 0 saturated heterocycles. The number of amides is 1. The maximum atomic E-state index is 12.0. The second kappa shape index (κ2) is 7.35. The van der Waals surface area contributed by atoms with Crippen molar-refractivity contribution in [3.8, 4) is 11.4 Å². The van der Waals surface area contributed by atoms with Gasteiger partial charge < -0.3 is 14.8 Å². The van der Waals surface area contributed by atoms with Gasteiger partial charge in [-0.1, -0.05) is 12.1 Å². The largest absolute Gasteiger partial charge is 0.507 e. The molecule has 1 heterocycles. The molecule has 26 heavy (non-hydrogen) atoms. The molecule has 7 heteroatoms. The highest BCUT2D eigenvalue weighted by Crippen LogP contribution is 2.15. The van der Waals surface area contributed by atoms with E-state index in [9.17, 15) is 14.7 Å². The number of benzene rings is 2. The lowest BCUT2D eigenvalue weighted by Gasteiger charge is -2.07. The summed E-state index contributed by atoms with van der Waals surface area (Å²) in [4.78, 5) is 22.9. The highest BCUT2D eigenvalue weighted by molar-refractivity contribution is 5.97. The van der Waals surface area contributed by atoms with Gasteiger partial charge in [0.05, 0.1) is 23.0 Å². The van der Waals surface area contributed by atoms with E-state index in [-0.39, 0.29) is 16.9 Å². The number of aromatic nitrogens is 1. The Kier molecular flexibility index (Phi) is 4.80. The third kappa shape index (κ3) is 3.62. The van der Waals surface area contributed by atoms with E-state index in [1.807, 2.05) is 0 Å². The number of phenolic OH excluding ortho intramolecular Hbond substituents is 1. The van der Waals surface area contributed by atoms with Crippen LogP contribution >= 0.6 is 0 Å². The molecular weight excluding hydrogens is 334 g/mol. The molecule has 0 fully saturated rings. The molecule has 2 aromatic carbocycles. The van der Waals surface area contributed by atoms with Gasteiger partial charge in [-0.05, 0) is 48.5 Å². The third-order valence-electron chi connectivity index (χ3n) is 3.68. The molecule has 3 N–H and O–H groups in total. The zero-order chi connectivity index (χ0) is 18.5. The summed E-state index contributed by atoms with van der Waals surface area (Å²) in [6, 6.07) is 16.2. The normalized spacial score (nSPS) is 10.8. The van der Waals surface area contributed by atoms with Crippen molar-refractivity contribution in [1.29, 1.82) is 0 Å². The van der Waals surface area contributed by atoms with Crippen molar-refractivity contribution in [3.05, 3.63) is 83.7 Å². The molecular formula is C19H15N3O4. The molecule has 0 aliphatic carbocycles. The predicted octanol–water partition coefficient (Wildman–Crippen LogP) is 2.65. The number of hydrazone groups is 1. The topological polar surface area (TPSA) is 104 Å². The van der Waals surface area contributed by atoms with E-state index in [4.69, 9.17) is 5.11 Å². The molecule has 0 atom stereocenters. The number of carboxylic acids is 1. The summed E-state index contributed by atoms with van der Waals surface area (Å²) in [6.45, 7) is 0. The van der Waals surface area contributed by atoms with Gasteiger partial charge in [0.25, 0.3) is 5.91 Å². The number of aromatic hydroxyl groups is 1. The number of rotatable bonds is 5. The highest BCUT2D eigenvalue weighted by Gasteiger charge is 2.09. The standard InChI is InChI=1S/C19H15N3O4/c23-17-6-2-1-5-16(17)18(24)21-20-12-15-4-3-11-22(15)14-9-7-13(8-10-14)19(25)26/h1-12,23H,(H,21,24)(H,25,26)/b20-12+. The number of phenols is 1. The second-order valence-corrected chi connectivity index (χ2v) is 5.37. The average molecular weight is 349 g/mol. The van der Waals surface area contributed by atoms with Gasteiger partial charge in [-0.25, -0.2) is 10.2 Å². The Hall–Kier alpha value is -3.87. The fourth-order valence-electron chi connectivity index (χ4n) is 2.38. The summed E-state index contributed by atoms with van der Waals surface area (Å²) in [5, 5.41) is 22.5. The molecule has 0 unspecified atom stereocenters. The predicted molar refractivity (Wildman–Crippen MR) is 95.9 cm³/mol. The molecule has 0 radical (unpaired) electrons. The van der Waals surface area contributed by atoms with E-state index in [1.54, 1.807) is 47.2 Å². The molecule has 0 saturated carbocycles. The van der Waals surface area contributed by atoms with Gasteiger partial charge in [0.2, 0.25) is 0 Å². The zero-order valence-corrected chi connectivity index (χ0v) is 13.5. The summed E-state index contributed by atoms with van der Waals surface area (Å²) in [6.07, 6.45) is 3.25. The lowest BCUT2D eigenvalue weighted by molar-refractivity contribution is 0.0696. The van der Waals surface area contributed by atoms with Crippen LogP contribution in [0.15, 0.2) is 72.0 Å². The minimum Gasteiger partial charge on any atom is -0.507 e. The number of carbonyl (C=O) groups is 2. The summed E-state index contributed by atoms with van der Waals surface area (Å²) in [5.41, 5.74) is 4.13. The van der Waals surface area contributed by atoms with Crippen molar-refractivity contribution in [2.75, 3.05) is 0 Å². The quantitative estimate of drug-likeness (QED) is 0.486. The van der Waals surface area contributed by atoms with Crippen LogP contribution in [-0.2, 0) is 0 Å². The summed E-state index contributed by atoms with van der Waals surface area (Å²) in [5.74, 6) is -1.64. The Morgan fingerprint density at radius 2 is 1.73 bits per heavy atom. The Morgan fingerprint density at radius 1 is 1.00 bits per heavy atom. The molecule has 130 valence electrons. The fraction of sp³-hybridized carbons (Fsp3) is 0. The lowest BCUT2D eigenvalue weighted by Crippen LogP contribution is -2.17. The number of carbonyl (C=O) groups excluding carboxylic acids is 1. The van der Waals surface area contributed by atoms with E-state index in [0.29, 0.717) is 5.69 Å². The average Bonchev–Trinajstić information content (AvgIpc) is 3.10. The van der Waals surface area contributed by atoms with Gasteiger partial charge in [-0.2, -0.15) is 5.10 Å². The number of aromatic carboxylic acids is 1. The van der Waals surface area contributed by atoms with Crippen LogP contribution in [0.2, 0.25) is 0 Å². The smallest absolute Gasteiger partial charge is 0.335 e. The summed E-state index contributed by atoms with van der Waals surface area (Å²) >= 11 is 0. The third-order valence-corrected chi connectivity index (χ3v) is 3.68. The Morgan fingerprint density at radius 3 is 2.42 bits per heavy atom. The maximum Gasteiger partial charge on any atom is 0.335 e. The van der Waals surface area contributed by atoms with Crippen LogP contribution in [0.25, 0.3) is 5.69 Å². The molecule has 1 aromatic heterocycles. The Labute approximate surface area is 148 Å². The van der Waals surface area contributed by atoms with Crippen molar-refractivity contribution in [1.82, 2.24) is 9.99 Å². The summed E-state index contributed by atoms with van der Waals surface area (Å²) < 4.78 is 1.79. The number of nitrogens with one attached hydrogen (secondary N) is 1. The van der Waals surface area contributed by atoms with Crippen molar-refractivity contribution in [3.63, 3.8) is 0 Å².